The molecular weight excluding hydrogens is 396 g/mol. The highest BCUT2D eigenvalue weighted by Gasteiger charge is 2.29. The van der Waals surface area contributed by atoms with Gasteiger partial charge in [-0.1, -0.05) is 5.16 Å². The molecule has 1 N–H and O–H groups in total. The van der Waals surface area contributed by atoms with Gasteiger partial charge in [-0.3, -0.25) is 4.79 Å². The van der Waals surface area contributed by atoms with Gasteiger partial charge >= 0.3 is 0 Å². The number of halogens is 1. The number of thiophene rings is 1. The van der Waals surface area contributed by atoms with Crippen LogP contribution in [0, 0.1) is 26.7 Å². The zero-order chi connectivity index (χ0) is 19.1. The number of rotatable bonds is 4. The molecule has 1 aliphatic rings. The van der Waals surface area contributed by atoms with Gasteiger partial charge in [-0.2, -0.15) is 0 Å². The summed E-state index contributed by atoms with van der Waals surface area (Å²) >= 11 is 1.73. The SMILES string of the molecule is CNCC1CCN(C(=O)c2cc(-c3cc(C)sc3C)nc3onc(C)c23)C1.Cl. The second-order valence-corrected chi connectivity index (χ2v) is 8.75. The van der Waals surface area contributed by atoms with Crippen LogP contribution in [0.2, 0.25) is 0 Å². The summed E-state index contributed by atoms with van der Waals surface area (Å²) in [5, 5.41) is 7.99. The van der Waals surface area contributed by atoms with Crippen molar-refractivity contribution in [3.05, 3.63) is 33.1 Å². The van der Waals surface area contributed by atoms with Crippen LogP contribution < -0.4 is 5.32 Å². The minimum Gasteiger partial charge on any atom is -0.338 e. The number of nitrogens with one attached hydrogen (secondary N) is 1. The van der Waals surface area contributed by atoms with E-state index in [4.69, 9.17) is 4.52 Å². The van der Waals surface area contributed by atoms with E-state index in [-0.39, 0.29) is 18.3 Å². The lowest BCUT2D eigenvalue weighted by atomic mass is 10.0. The molecule has 0 aliphatic carbocycles. The second-order valence-electron chi connectivity index (χ2n) is 7.29. The zero-order valence-electron chi connectivity index (χ0n) is 16.5. The molecule has 4 heterocycles. The van der Waals surface area contributed by atoms with E-state index < -0.39 is 0 Å². The first kappa shape index (κ1) is 20.8. The van der Waals surface area contributed by atoms with Gasteiger partial charge < -0.3 is 14.7 Å². The maximum Gasteiger partial charge on any atom is 0.259 e. The second kappa shape index (κ2) is 8.19. The molecule has 0 saturated carbocycles. The third kappa shape index (κ3) is 3.66. The first-order valence-electron chi connectivity index (χ1n) is 9.26. The molecular formula is C20H25ClN4O2S. The standard InChI is InChI=1S/C20H24N4O2S.ClH/c1-11-7-15(13(3)27-11)17-8-16(18-12(2)23-26-19(18)22-17)20(25)24-6-5-14(10-24)9-21-4;/h7-8,14,21H,5-6,9-10H2,1-4H3;1H. The third-order valence-electron chi connectivity index (χ3n) is 5.23. The molecule has 0 aromatic carbocycles. The van der Waals surface area contributed by atoms with Gasteiger partial charge in [-0.05, 0) is 58.8 Å². The Kier molecular flexibility index (Phi) is 6.07. The van der Waals surface area contributed by atoms with Gasteiger partial charge in [0.15, 0.2) is 0 Å². The molecule has 1 aliphatic heterocycles. The van der Waals surface area contributed by atoms with Crippen LogP contribution in [0.15, 0.2) is 16.7 Å². The molecule has 1 saturated heterocycles. The van der Waals surface area contributed by atoms with Crippen molar-refractivity contribution in [3.63, 3.8) is 0 Å². The van der Waals surface area contributed by atoms with Crippen molar-refractivity contribution in [3.8, 4) is 11.3 Å². The molecule has 8 heteroatoms. The highest BCUT2D eigenvalue weighted by atomic mass is 35.5. The molecule has 6 nitrogen and oxygen atoms in total. The van der Waals surface area contributed by atoms with E-state index in [9.17, 15) is 4.79 Å². The van der Waals surface area contributed by atoms with Gasteiger partial charge in [-0.25, -0.2) is 4.98 Å². The summed E-state index contributed by atoms with van der Waals surface area (Å²) in [7, 11) is 1.95. The maximum absolute atomic E-state index is 13.3. The van der Waals surface area contributed by atoms with Gasteiger partial charge in [0.2, 0.25) is 0 Å². The topological polar surface area (TPSA) is 71.3 Å². The fourth-order valence-corrected chi connectivity index (χ4v) is 4.86. The monoisotopic (exact) mass is 420 g/mol. The third-order valence-corrected chi connectivity index (χ3v) is 6.20. The summed E-state index contributed by atoms with van der Waals surface area (Å²) < 4.78 is 5.43. The van der Waals surface area contributed by atoms with Crippen molar-refractivity contribution in [2.75, 3.05) is 26.7 Å². The predicted molar refractivity (Wildman–Crippen MR) is 115 cm³/mol. The smallest absolute Gasteiger partial charge is 0.259 e. The number of aryl methyl sites for hydroxylation is 3. The van der Waals surface area contributed by atoms with Crippen LogP contribution in [0.4, 0.5) is 0 Å². The summed E-state index contributed by atoms with van der Waals surface area (Å²) in [4.78, 5) is 22.3. The Morgan fingerprint density at radius 2 is 2.14 bits per heavy atom. The maximum atomic E-state index is 13.3. The number of carbonyl (C=O) groups excluding carboxylic acids is 1. The van der Waals surface area contributed by atoms with Gasteiger partial charge in [0, 0.05) is 28.4 Å². The molecule has 1 atom stereocenters. The Balaban J connectivity index is 0.00000225. The van der Waals surface area contributed by atoms with E-state index in [1.807, 2.05) is 24.9 Å². The molecule has 0 spiro atoms. The zero-order valence-corrected chi connectivity index (χ0v) is 18.2. The first-order chi connectivity index (χ1) is 13.0. The lowest BCUT2D eigenvalue weighted by Gasteiger charge is -2.17. The number of nitrogens with zero attached hydrogens (tertiary/aromatic N) is 3. The Labute approximate surface area is 174 Å². The first-order valence-corrected chi connectivity index (χ1v) is 10.1. The van der Waals surface area contributed by atoms with Crippen LogP contribution in [0.1, 0.15) is 32.2 Å². The Morgan fingerprint density at radius 3 is 2.82 bits per heavy atom. The van der Waals surface area contributed by atoms with Crippen molar-refractivity contribution >= 4 is 40.8 Å². The molecule has 1 fully saturated rings. The van der Waals surface area contributed by atoms with E-state index in [1.54, 1.807) is 11.3 Å². The summed E-state index contributed by atoms with van der Waals surface area (Å²) in [6, 6.07) is 4.03. The normalized spacial score (nSPS) is 16.6. The van der Waals surface area contributed by atoms with Crippen molar-refractivity contribution < 1.29 is 9.32 Å². The van der Waals surface area contributed by atoms with E-state index in [0.29, 0.717) is 22.9 Å². The Hall–Kier alpha value is -1.96. The molecule has 0 bridgehead atoms. The lowest BCUT2D eigenvalue weighted by molar-refractivity contribution is 0.0789. The molecule has 3 aromatic rings. The van der Waals surface area contributed by atoms with Crippen LogP contribution in [-0.4, -0.2) is 47.6 Å². The van der Waals surface area contributed by atoms with Crippen molar-refractivity contribution in [1.82, 2.24) is 20.4 Å². The number of hydrogen-bond donors (Lipinski definition) is 1. The van der Waals surface area contributed by atoms with Gasteiger partial charge in [-0.15, -0.1) is 23.7 Å². The van der Waals surface area contributed by atoms with Crippen LogP contribution in [-0.2, 0) is 0 Å². The minimum absolute atomic E-state index is 0. The summed E-state index contributed by atoms with van der Waals surface area (Å²) in [6.45, 7) is 8.51. The molecule has 150 valence electrons. The van der Waals surface area contributed by atoms with Gasteiger partial charge in [0.05, 0.1) is 22.3 Å². The largest absolute Gasteiger partial charge is 0.338 e. The summed E-state index contributed by atoms with van der Waals surface area (Å²) in [5.41, 5.74) is 3.60. The number of pyridine rings is 1. The van der Waals surface area contributed by atoms with Crippen LogP contribution >= 0.6 is 23.7 Å². The Bertz CT molecular complexity index is 1010. The highest BCUT2D eigenvalue weighted by Crippen LogP contribution is 2.33. The fourth-order valence-electron chi connectivity index (χ4n) is 3.93. The highest BCUT2D eigenvalue weighted by molar-refractivity contribution is 7.12. The minimum atomic E-state index is 0. The number of fused-ring (bicyclic) bond motifs is 1. The number of likely N-dealkylation sites (tertiary alicyclic amines) is 1. The summed E-state index contributed by atoms with van der Waals surface area (Å²) in [6.07, 6.45) is 1.03. The fraction of sp³-hybridized carbons (Fsp3) is 0.450. The number of hydrogen-bond acceptors (Lipinski definition) is 6. The lowest BCUT2D eigenvalue weighted by Crippen LogP contribution is -2.30. The van der Waals surface area contributed by atoms with Crippen LogP contribution in [0.3, 0.4) is 0 Å². The van der Waals surface area contributed by atoms with Gasteiger partial charge in [0.25, 0.3) is 11.6 Å². The average Bonchev–Trinajstić information content (AvgIpc) is 3.33. The van der Waals surface area contributed by atoms with E-state index >= 15 is 0 Å². The van der Waals surface area contributed by atoms with Crippen molar-refractivity contribution in [2.24, 2.45) is 5.92 Å². The molecule has 4 rings (SSSR count). The molecule has 1 amide bonds. The van der Waals surface area contributed by atoms with Gasteiger partial charge in [0.1, 0.15) is 0 Å². The molecule has 0 radical (unpaired) electrons. The van der Waals surface area contributed by atoms with E-state index in [1.165, 1.54) is 9.75 Å². The van der Waals surface area contributed by atoms with E-state index in [0.717, 1.165) is 42.7 Å². The number of amides is 1. The molecule has 3 aromatic heterocycles. The van der Waals surface area contributed by atoms with Crippen molar-refractivity contribution in [1.29, 1.82) is 0 Å². The predicted octanol–water partition coefficient (Wildman–Crippen LogP) is 3.98. The number of aromatic nitrogens is 2. The van der Waals surface area contributed by atoms with Crippen LogP contribution in [0.5, 0.6) is 0 Å². The Morgan fingerprint density at radius 1 is 1.36 bits per heavy atom. The number of carbonyl (C=O) groups is 1. The van der Waals surface area contributed by atoms with Crippen molar-refractivity contribution in [2.45, 2.75) is 27.2 Å². The van der Waals surface area contributed by atoms with E-state index in [2.05, 4.69) is 35.4 Å². The molecule has 28 heavy (non-hydrogen) atoms. The average molecular weight is 421 g/mol. The summed E-state index contributed by atoms with van der Waals surface area (Å²) in [5.74, 6) is 0.541. The quantitative estimate of drug-likeness (QED) is 0.691. The van der Waals surface area contributed by atoms with Crippen LogP contribution in [0.25, 0.3) is 22.4 Å². The molecule has 1 unspecified atom stereocenters.